The summed E-state index contributed by atoms with van der Waals surface area (Å²) in [6.45, 7) is 13.4. The number of unbranched alkanes of at least 4 members (excludes halogenated alkanes) is 1. The smallest absolute Gasteiger partial charge is 0.191 e. The van der Waals surface area contributed by atoms with Crippen LogP contribution in [0.15, 0.2) is 4.99 Å². The summed E-state index contributed by atoms with van der Waals surface area (Å²) < 4.78 is 5.55. The molecule has 0 aromatic rings. The summed E-state index contributed by atoms with van der Waals surface area (Å²) in [5.41, 5.74) is 0.231. The number of aliphatic imine (C=N–C) groups is 1. The highest BCUT2D eigenvalue weighted by Crippen LogP contribution is 2.34. The van der Waals surface area contributed by atoms with Gasteiger partial charge in [0.2, 0.25) is 0 Å². The van der Waals surface area contributed by atoms with Crippen LogP contribution in [0.1, 0.15) is 46.5 Å². The standard InChI is InChI=1S/C19H38N4OS.HI/c1-4-20-18(21-9-6-5-7-17(2)3)22-15-19(8-14-25-16-19)23-10-12-24-13-11-23;/h17H,4-16H2,1-3H3,(H2,20,21,22);1H. The number of nitrogens with one attached hydrogen (secondary N) is 2. The minimum atomic E-state index is 0. The van der Waals surface area contributed by atoms with Crippen molar-refractivity contribution in [3.05, 3.63) is 0 Å². The predicted octanol–water partition coefficient (Wildman–Crippen LogP) is 3.19. The Morgan fingerprint density at radius 2 is 2.00 bits per heavy atom. The highest BCUT2D eigenvalue weighted by atomic mass is 127. The molecule has 0 saturated carbocycles. The number of halogens is 1. The van der Waals surface area contributed by atoms with Gasteiger partial charge in [0, 0.05) is 31.9 Å². The zero-order chi connectivity index (χ0) is 18.0. The number of guanidine groups is 1. The average Bonchev–Trinajstić information content (AvgIpc) is 3.10. The molecule has 2 aliphatic heterocycles. The van der Waals surface area contributed by atoms with E-state index < -0.39 is 0 Å². The van der Waals surface area contributed by atoms with Crippen LogP contribution in [0.3, 0.4) is 0 Å². The van der Waals surface area contributed by atoms with Gasteiger partial charge in [0.15, 0.2) is 5.96 Å². The third-order valence-corrected chi connectivity index (χ3v) is 6.38. The van der Waals surface area contributed by atoms with E-state index in [0.717, 1.165) is 57.8 Å². The fourth-order valence-electron chi connectivity index (χ4n) is 3.56. The van der Waals surface area contributed by atoms with Gasteiger partial charge in [-0.05, 0) is 31.4 Å². The summed E-state index contributed by atoms with van der Waals surface area (Å²) >= 11 is 2.07. The topological polar surface area (TPSA) is 48.9 Å². The van der Waals surface area contributed by atoms with E-state index in [-0.39, 0.29) is 29.5 Å². The van der Waals surface area contributed by atoms with Gasteiger partial charge in [-0.3, -0.25) is 9.89 Å². The normalized spacial score (nSPS) is 24.5. The molecule has 26 heavy (non-hydrogen) atoms. The number of morpholine rings is 1. The maximum atomic E-state index is 5.55. The second-order valence-electron chi connectivity index (χ2n) is 7.64. The molecule has 7 heteroatoms. The van der Waals surface area contributed by atoms with Crippen molar-refractivity contribution in [2.45, 2.75) is 52.0 Å². The van der Waals surface area contributed by atoms with Crippen LogP contribution in [-0.4, -0.2) is 73.8 Å². The lowest BCUT2D eigenvalue weighted by Gasteiger charge is -2.42. The number of hydrogen-bond acceptors (Lipinski definition) is 4. The number of thioether (sulfide) groups is 1. The van der Waals surface area contributed by atoms with Gasteiger partial charge in [0.1, 0.15) is 0 Å². The van der Waals surface area contributed by atoms with Gasteiger partial charge < -0.3 is 15.4 Å². The molecule has 2 N–H and O–H groups in total. The van der Waals surface area contributed by atoms with Gasteiger partial charge in [-0.25, -0.2) is 0 Å². The summed E-state index contributed by atoms with van der Waals surface area (Å²) in [7, 11) is 0. The molecule has 5 nitrogen and oxygen atoms in total. The molecule has 1 unspecified atom stereocenters. The Balaban J connectivity index is 0.00000338. The third kappa shape index (κ3) is 8.10. The van der Waals surface area contributed by atoms with Crippen molar-refractivity contribution in [3.8, 4) is 0 Å². The van der Waals surface area contributed by atoms with Crippen molar-refractivity contribution in [1.82, 2.24) is 15.5 Å². The summed E-state index contributed by atoms with van der Waals surface area (Å²) in [4.78, 5) is 7.61. The number of rotatable bonds is 9. The van der Waals surface area contributed by atoms with E-state index in [4.69, 9.17) is 9.73 Å². The van der Waals surface area contributed by atoms with Crippen LogP contribution in [0.25, 0.3) is 0 Å². The van der Waals surface area contributed by atoms with E-state index in [9.17, 15) is 0 Å². The van der Waals surface area contributed by atoms with Crippen molar-refractivity contribution < 1.29 is 4.74 Å². The molecular formula is C19H39IN4OS. The van der Waals surface area contributed by atoms with Crippen LogP contribution >= 0.6 is 35.7 Å². The fraction of sp³-hybridized carbons (Fsp3) is 0.947. The maximum absolute atomic E-state index is 5.55. The Bertz CT molecular complexity index is 397. The summed E-state index contributed by atoms with van der Waals surface area (Å²) in [6.07, 6.45) is 5.06. The summed E-state index contributed by atoms with van der Waals surface area (Å²) in [5.74, 6) is 4.24. The predicted molar refractivity (Wildman–Crippen MR) is 125 cm³/mol. The molecule has 2 rings (SSSR count). The van der Waals surface area contributed by atoms with E-state index in [1.165, 1.54) is 37.2 Å². The number of hydrogen-bond donors (Lipinski definition) is 2. The lowest BCUT2D eigenvalue weighted by atomic mass is 9.96. The Labute approximate surface area is 181 Å². The first-order valence-corrected chi connectivity index (χ1v) is 11.2. The van der Waals surface area contributed by atoms with Crippen molar-refractivity contribution in [2.75, 3.05) is 57.4 Å². The van der Waals surface area contributed by atoms with E-state index >= 15 is 0 Å². The van der Waals surface area contributed by atoms with Crippen LogP contribution < -0.4 is 10.6 Å². The molecule has 0 radical (unpaired) electrons. The zero-order valence-corrected chi connectivity index (χ0v) is 20.0. The third-order valence-electron chi connectivity index (χ3n) is 5.14. The minimum absolute atomic E-state index is 0. The molecule has 0 aromatic heterocycles. The molecule has 154 valence electrons. The Hall–Kier alpha value is 0.270. The van der Waals surface area contributed by atoms with Gasteiger partial charge in [-0.15, -0.1) is 24.0 Å². The molecule has 2 fully saturated rings. The quantitative estimate of drug-likeness (QED) is 0.221. The number of ether oxygens (including phenoxy) is 1. The number of nitrogens with zero attached hydrogens (tertiary/aromatic N) is 2. The monoisotopic (exact) mass is 498 g/mol. The van der Waals surface area contributed by atoms with Gasteiger partial charge in [0.25, 0.3) is 0 Å². The lowest BCUT2D eigenvalue weighted by molar-refractivity contribution is -0.0104. The first-order chi connectivity index (χ1) is 12.2. The first-order valence-electron chi connectivity index (χ1n) is 10.1. The molecule has 0 aliphatic carbocycles. The van der Waals surface area contributed by atoms with E-state index in [0.29, 0.717) is 0 Å². The molecule has 0 amide bonds. The van der Waals surface area contributed by atoms with Gasteiger partial charge in [-0.1, -0.05) is 26.7 Å². The van der Waals surface area contributed by atoms with Crippen LogP contribution in [0, 0.1) is 5.92 Å². The maximum Gasteiger partial charge on any atom is 0.191 e. The van der Waals surface area contributed by atoms with Gasteiger partial charge in [0.05, 0.1) is 25.3 Å². The van der Waals surface area contributed by atoms with Crippen LogP contribution in [0.5, 0.6) is 0 Å². The van der Waals surface area contributed by atoms with Crippen molar-refractivity contribution in [2.24, 2.45) is 10.9 Å². The molecule has 1 atom stereocenters. The van der Waals surface area contributed by atoms with Crippen LogP contribution in [0.2, 0.25) is 0 Å². The highest BCUT2D eigenvalue weighted by Gasteiger charge is 2.40. The highest BCUT2D eigenvalue weighted by molar-refractivity contribution is 14.0. The van der Waals surface area contributed by atoms with Crippen molar-refractivity contribution in [1.29, 1.82) is 0 Å². The second kappa shape index (κ2) is 13.4. The van der Waals surface area contributed by atoms with Crippen molar-refractivity contribution in [3.63, 3.8) is 0 Å². The first kappa shape index (κ1) is 24.3. The molecule has 0 bridgehead atoms. The van der Waals surface area contributed by atoms with Gasteiger partial charge >= 0.3 is 0 Å². The summed E-state index contributed by atoms with van der Waals surface area (Å²) in [5, 5.41) is 6.94. The minimum Gasteiger partial charge on any atom is -0.379 e. The molecule has 2 heterocycles. The van der Waals surface area contributed by atoms with Crippen LogP contribution in [0.4, 0.5) is 0 Å². The zero-order valence-electron chi connectivity index (χ0n) is 16.9. The Morgan fingerprint density at radius 1 is 1.23 bits per heavy atom. The SMILES string of the molecule is CCNC(=NCC1(N2CCOCC2)CCSC1)NCCCCC(C)C.I. The average molecular weight is 499 g/mol. The lowest BCUT2D eigenvalue weighted by Crippen LogP contribution is -2.56. The van der Waals surface area contributed by atoms with E-state index in [2.05, 4.69) is 48.1 Å². The molecule has 2 saturated heterocycles. The van der Waals surface area contributed by atoms with Crippen molar-refractivity contribution >= 4 is 41.7 Å². The molecule has 0 aromatic carbocycles. The molecule has 0 spiro atoms. The van der Waals surface area contributed by atoms with E-state index in [1.807, 2.05) is 0 Å². The fourth-order valence-corrected chi connectivity index (χ4v) is 5.03. The van der Waals surface area contributed by atoms with Crippen LogP contribution in [-0.2, 0) is 4.74 Å². The van der Waals surface area contributed by atoms with Gasteiger partial charge in [-0.2, -0.15) is 11.8 Å². The molecular weight excluding hydrogens is 459 g/mol. The second-order valence-corrected chi connectivity index (χ2v) is 8.74. The molecule has 2 aliphatic rings. The Kier molecular flexibility index (Phi) is 12.6. The largest absolute Gasteiger partial charge is 0.379 e. The Morgan fingerprint density at radius 3 is 2.62 bits per heavy atom. The summed E-state index contributed by atoms with van der Waals surface area (Å²) in [6, 6.07) is 0. The van der Waals surface area contributed by atoms with E-state index in [1.54, 1.807) is 0 Å².